The summed E-state index contributed by atoms with van der Waals surface area (Å²) in [5.41, 5.74) is 1.95. The van der Waals surface area contributed by atoms with Crippen LogP contribution in [0.1, 0.15) is 19.4 Å². The largest absolute Gasteiger partial charge is 0.392 e. The number of nitrogens with zero attached hydrogens (tertiary/aromatic N) is 2. The van der Waals surface area contributed by atoms with Crippen LogP contribution in [0.2, 0.25) is 0 Å². The lowest BCUT2D eigenvalue weighted by Crippen LogP contribution is -2.47. The van der Waals surface area contributed by atoms with Crippen LogP contribution in [0.15, 0.2) is 18.5 Å². The van der Waals surface area contributed by atoms with Crippen LogP contribution in [0.5, 0.6) is 0 Å². The summed E-state index contributed by atoms with van der Waals surface area (Å²) in [6, 6.07) is 2.19. The molecular weight excluding hydrogens is 204 g/mol. The first-order valence-corrected chi connectivity index (χ1v) is 5.64. The molecule has 2 heterocycles. The normalized spacial score (nSPS) is 25.8. The summed E-state index contributed by atoms with van der Waals surface area (Å²) in [5.74, 6) is 0. The highest BCUT2D eigenvalue weighted by Crippen LogP contribution is 2.24. The van der Waals surface area contributed by atoms with Crippen molar-refractivity contribution in [3.63, 3.8) is 0 Å². The van der Waals surface area contributed by atoms with Gasteiger partial charge in [0.1, 0.15) is 0 Å². The summed E-state index contributed by atoms with van der Waals surface area (Å²) in [6.07, 6.45) is 3.76. The molecule has 0 spiro atoms. The first kappa shape index (κ1) is 11.4. The third-order valence-electron chi connectivity index (χ3n) is 2.98. The maximum Gasteiger partial charge on any atom is 0.0723 e. The number of morpholine rings is 1. The Hall–Kier alpha value is -1.13. The Morgan fingerprint density at radius 3 is 3.12 bits per heavy atom. The molecule has 0 bridgehead atoms. The van der Waals surface area contributed by atoms with E-state index in [4.69, 9.17) is 4.74 Å². The van der Waals surface area contributed by atoms with Crippen molar-refractivity contribution in [1.29, 1.82) is 0 Å². The Morgan fingerprint density at radius 1 is 1.56 bits per heavy atom. The van der Waals surface area contributed by atoms with E-state index in [1.807, 2.05) is 12.3 Å². The molecule has 1 aliphatic heterocycles. The molecule has 0 aliphatic carbocycles. The van der Waals surface area contributed by atoms with Gasteiger partial charge >= 0.3 is 0 Å². The van der Waals surface area contributed by atoms with Crippen LogP contribution >= 0.6 is 0 Å². The van der Waals surface area contributed by atoms with Gasteiger partial charge in [-0.05, 0) is 19.9 Å². The Kier molecular flexibility index (Phi) is 3.41. The number of hydrogen-bond acceptors (Lipinski definition) is 4. The van der Waals surface area contributed by atoms with Gasteiger partial charge in [0.15, 0.2) is 0 Å². The van der Waals surface area contributed by atoms with Crippen LogP contribution in [-0.4, -0.2) is 35.4 Å². The zero-order chi connectivity index (χ0) is 11.5. The minimum Gasteiger partial charge on any atom is -0.392 e. The highest BCUT2D eigenvalue weighted by molar-refractivity contribution is 5.52. The highest BCUT2D eigenvalue weighted by Gasteiger charge is 2.25. The van der Waals surface area contributed by atoms with Crippen molar-refractivity contribution in [3.05, 3.63) is 24.0 Å². The van der Waals surface area contributed by atoms with Crippen LogP contribution in [0.3, 0.4) is 0 Å². The van der Waals surface area contributed by atoms with E-state index in [2.05, 4.69) is 23.7 Å². The quantitative estimate of drug-likeness (QED) is 0.816. The molecule has 1 aromatic rings. The molecule has 16 heavy (non-hydrogen) atoms. The molecule has 88 valence electrons. The minimum absolute atomic E-state index is 0.0519. The van der Waals surface area contributed by atoms with Crippen molar-refractivity contribution in [2.45, 2.75) is 32.6 Å². The van der Waals surface area contributed by atoms with Gasteiger partial charge < -0.3 is 14.7 Å². The maximum absolute atomic E-state index is 9.32. The molecule has 0 radical (unpaired) electrons. The Bertz CT molecular complexity index is 357. The van der Waals surface area contributed by atoms with Crippen molar-refractivity contribution < 1.29 is 9.84 Å². The molecule has 1 saturated heterocycles. The van der Waals surface area contributed by atoms with Gasteiger partial charge in [-0.3, -0.25) is 4.98 Å². The lowest BCUT2D eigenvalue weighted by atomic mass is 10.1. The summed E-state index contributed by atoms with van der Waals surface area (Å²) in [5, 5.41) is 9.32. The monoisotopic (exact) mass is 222 g/mol. The van der Waals surface area contributed by atoms with E-state index in [-0.39, 0.29) is 12.7 Å². The average Bonchev–Trinajstić information content (AvgIpc) is 2.32. The van der Waals surface area contributed by atoms with E-state index in [9.17, 15) is 5.11 Å². The highest BCUT2D eigenvalue weighted by atomic mass is 16.5. The third kappa shape index (κ3) is 2.18. The second-order valence-electron chi connectivity index (χ2n) is 4.31. The van der Waals surface area contributed by atoms with Crippen molar-refractivity contribution >= 4 is 5.69 Å². The molecule has 4 heteroatoms. The zero-order valence-electron chi connectivity index (χ0n) is 9.76. The van der Waals surface area contributed by atoms with Gasteiger partial charge in [-0.15, -0.1) is 0 Å². The number of ether oxygens (including phenoxy) is 1. The van der Waals surface area contributed by atoms with Crippen LogP contribution in [0, 0.1) is 0 Å². The molecule has 0 amide bonds. The van der Waals surface area contributed by atoms with Crippen molar-refractivity contribution in [2.75, 3.05) is 18.1 Å². The van der Waals surface area contributed by atoms with E-state index < -0.39 is 0 Å². The lowest BCUT2D eigenvalue weighted by molar-refractivity contribution is 0.0342. The Balaban J connectivity index is 2.27. The summed E-state index contributed by atoms with van der Waals surface area (Å²) >= 11 is 0. The molecular formula is C12H18N2O2. The standard InChI is InChI=1S/C12H18N2O2/c1-9-8-16-10(2)6-14(9)12-5-13-4-3-11(12)7-15/h3-5,9-10,15H,6-8H2,1-2H3. The van der Waals surface area contributed by atoms with Gasteiger partial charge in [0.25, 0.3) is 0 Å². The minimum atomic E-state index is 0.0519. The molecule has 4 nitrogen and oxygen atoms in total. The zero-order valence-corrected chi connectivity index (χ0v) is 9.76. The first-order valence-electron chi connectivity index (χ1n) is 5.64. The van der Waals surface area contributed by atoms with Gasteiger partial charge in [-0.25, -0.2) is 0 Å². The predicted molar refractivity (Wildman–Crippen MR) is 62.4 cm³/mol. The Labute approximate surface area is 95.9 Å². The topological polar surface area (TPSA) is 45.6 Å². The predicted octanol–water partition coefficient (Wildman–Crippen LogP) is 1.19. The lowest BCUT2D eigenvalue weighted by Gasteiger charge is -2.39. The van der Waals surface area contributed by atoms with Crippen molar-refractivity contribution in [1.82, 2.24) is 4.98 Å². The molecule has 2 rings (SSSR count). The number of aromatic nitrogens is 1. The van der Waals surface area contributed by atoms with E-state index >= 15 is 0 Å². The van der Waals surface area contributed by atoms with E-state index in [0.717, 1.165) is 24.4 Å². The summed E-state index contributed by atoms with van der Waals surface area (Å²) in [7, 11) is 0. The third-order valence-corrected chi connectivity index (χ3v) is 2.98. The van der Waals surface area contributed by atoms with Gasteiger partial charge in [-0.1, -0.05) is 0 Å². The number of pyridine rings is 1. The van der Waals surface area contributed by atoms with Crippen LogP contribution < -0.4 is 4.90 Å². The van der Waals surface area contributed by atoms with Gasteiger partial charge in [-0.2, -0.15) is 0 Å². The van der Waals surface area contributed by atoms with Crippen molar-refractivity contribution in [3.8, 4) is 0 Å². The van der Waals surface area contributed by atoms with E-state index in [0.29, 0.717) is 6.04 Å². The molecule has 1 aliphatic rings. The molecule has 1 aromatic heterocycles. The van der Waals surface area contributed by atoms with E-state index in [1.165, 1.54) is 0 Å². The van der Waals surface area contributed by atoms with Crippen molar-refractivity contribution in [2.24, 2.45) is 0 Å². The van der Waals surface area contributed by atoms with Gasteiger partial charge in [0, 0.05) is 24.3 Å². The fourth-order valence-electron chi connectivity index (χ4n) is 2.05. The molecule has 1 N–H and O–H groups in total. The number of rotatable bonds is 2. The van der Waals surface area contributed by atoms with Crippen LogP contribution in [0.25, 0.3) is 0 Å². The Morgan fingerprint density at radius 2 is 2.38 bits per heavy atom. The maximum atomic E-state index is 9.32. The number of aliphatic hydroxyl groups is 1. The van der Waals surface area contributed by atoms with Gasteiger partial charge in [0.2, 0.25) is 0 Å². The fraction of sp³-hybridized carbons (Fsp3) is 0.583. The summed E-state index contributed by atoms with van der Waals surface area (Å²) in [6.45, 7) is 5.81. The average molecular weight is 222 g/mol. The fourth-order valence-corrected chi connectivity index (χ4v) is 2.05. The molecule has 2 atom stereocenters. The van der Waals surface area contributed by atoms with Crippen LogP contribution in [-0.2, 0) is 11.3 Å². The summed E-state index contributed by atoms with van der Waals surface area (Å²) < 4.78 is 5.59. The van der Waals surface area contributed by atoms with Crippen LogP contribution in [0.4, 0.5) is 5.69 Å². The second-order valence-corrected chi connectivity index (χ2v) is 4.31. The smallest absolute Gasteiger partial charge is 0.0723 e. The number of aliphatic hydroxyl groups excluding tert-OH is 1. The summed E-state index contributed by atoms with van der Waals surface area (Å²) in [4.78, 5) is 6.39. The molecule has 1 fully saturated rings. The molecule has 2 unspecified atom stereocenters. The number of anilines is 1. The van der Waals surface area contributed by atoms with E-state index in [1.54, 1.807) is 6.20 Å². The number of hydrogen-bond donors (Lipinski definition) is 1. The SMILES string of the molecule is CC1CN(c2cnccc2CO)C(C)CO1. The van der Waals surface area contributed by atoms with Gasteiger partial charge in [0.05, 0.1) is 31.2 Å². The molecule has 0 aromatic carbocycles. The second kappa shape index (κ2) is 4.80. The molecule has 0 saturated carbocycles. The first-order chi connectivity index (χ1) is 7.72.